The second-order valence-electron chi connectivity index (χ2n) is 4.82. The predicted molar refractivity (Wildman–Crippen MR) is 87.7 cm³/mol. The summed E-state index contributed by atoms with van der Waals surface area (Å²) in [4.78, 5) is 33.6. The van der Waals surface area contributed by atoms with Gasteiger partial charge < -0.3 is 0 Å². The molecule has 116 valence electrons. The number of thiazole rings is 1. The molecule has 3 heterocycles. The molecule has 3 aromatic heterocycles. The van der Waals surface area contributed by atoms with Crippen molar-refractivity contribution in [1.29, 1.82) is 0 Å². The minimum absolute atomic E-state index is 0.169. The number of aryl methyl sites for hydroxylation is 1. The fourth-order valence-electron chi connectivity index (χ4n) is 2.04. The van der Waals surface area contributed by atoms with Crippen LogP contribution in [0, 0.1) is 6.92 Å². The van der Waals surface area contributed by atoms with Gasteiger partial charge >= 0.3 is 0 Å². The van der Waals surface area contributed by atoms with Gasteiger partial charge in [0, 0.05) is 31.1 Å². The van der Waals surface area contributed by atoms with Crippen LogP contribution in [0.3, 0.4) is 0 Å². The molecule has 0 aliphatic rings. The van der Waals surface area contributed by atoms with Crippen molar-refractivity contribution < 1.29 is 4.79 Å². The summed E-state index contributed by atoms with van der Waals surface area (Å²) in [5, 5.41) is 7.54. The van der Waals surface area contributed by atoms with Gasteiger partial charge in [-0.1, -0.05) is 11.3 Å². The van der Waals surface area contributed by atoms with Gasteiger partial charge in [0.2, 0.25) is 0 Å². The molecule has 3 rings (SSSR count). The minimum Gasteiger partial charge on any atom is -0.300 e. The molecule has 0 aliphatic heterocycles. The molecule has 1 amide bonds. The number of H-pyrrole nitrogens is 1. The van der Waals surface area contributed by atoms with Crippen LogP contribution in [0.1, 0.15) is 16.2 Å². The average Bonchev–Trinajstić information content (AvgIpc) is 2.97. The minimum atomic E-state index is -0.350. The third-order valence-corrected chi connectivity index (χ3v) is 4.47. The quantitative estimate of drug-likeness (QED) is 0.793. The molecule has 3 aromatic rings. The van der Waals surface area contributed by atoms with Crippen molar-refractivity contribution in [3.63, 3.8) is 0 Å². The number of anilines is 1. The number of aromatic nitrogens is 4. The SMILES string of the molecule is Cc1nc(-c2cccnc2)sc1N(C)C(=O)c1ccc(=O)[nH]n1. The van der Waals surface area contributed by atoms with Crippen molar-refractivity contribution >= 4 is 22.2 Å². The zero-order chi connectivity index (χ0) is 16.4. The van der Waals surface area contributed by atoms with E-state index in [0.717, 1.165) is 21.3 Å². The molecule has 0 saturated heterocycles. The highest BCUT2D eigenvalue weighted by molar-refractivity contribution is 7.19. The fraction of sp³-hybridized carbons (Fsp3) is 0.133. The highest BCUT2D eigenvalue weighted by atomic mass is 32.1. The Balaban J connectivity index is 1.92. The predicted octanol–water partition coefficient (Wildman–Crippen LogP) is 1.87. The van der Waals surface area contributed by atoms with Gasteiger partial charge in [0.25, 0.3) is 11.5 Å². The molecule has 0 bridgehead atoms. The maximum atomic E-state index is 12.5. The van der Waals surface area contributed by atoms with E-state index in [0.29, 0.717) is 0 Å². The summed E-state index contributed by atoms with van der Waals surface area (Å²) in [6.45, 7) is 1.84. The molecule has 0 radical (unpaired) electrons. The van der Waals surface area contributed by atoms with Gasteiger partial charge in [-0.3, -0.25) is 19.5 Å². The lowest BCUT2D eigenvalue weighted by Gasteiger charge is -2.14. The Morgan fingerprint density at radius 1 is 1.30 bits per heavy atom. The first-order chi connectivity index (χ1) is 11.1. The zero-order valence-electron chi connectivity index (χ0n) is 12.5. The first-order valence-corrected chi connectivity index (χ1v) is 7.59. The van der Waals surface area contributed by atoms with Crippen LogP contribution in [-0.4, -0.2) is 33.1 Å². The van der Waals surface area contributed by atoms with Gasteiger partial charge in [-0.15, -0.1) is 0 Å². The van der Waals surface area contributed by atoms with Crippen molar-refractivity contribution in [2.45, 2.75) is 6.92 Å². The average molecular weight is 327 g/mol. The van der Waals surface area contributed by atoms with E-state index in [2.05, 4.69) is 20.2 Å². The third-order valence-electron chi connectivity index (χ3n) is 3.19. The third kappa shape index (κ3) is 3.02. The number of nitrogens with zero attached hydrogens (tertiary/aromatic N) is 4. The molecule has 7 nitrogen and oxygen atoms in total. The highest BCUT2D eigenvalue weighted by Crippen LogP contribution is 2.33. The lowest BCUT2D eigenvalue weighted by molar-refractivity contribution is 0.0987. The van der Waals surface area contributed by atoms with Crippen molar-refractivity contribution in [2.75, 3.05) is 11.9 Å². The molecule has 1 N–H and O–H groups in total. The number of carbonyl (C=O) groups is 1. The number of nitrogens with one attached hydrogen (secondary N) is 1. The molecule has 0 spiro atoms. The molecular formula is C15H13N5O2S. The number of carbonyl (C=O) groups excluding carboxylic acids is 1. The first-order valence-electron chi connectivity index (χ1n) is 6.78. The number of rotatable bonds is 3. The monoisotopic (exact) mass is 327 g/mol. The van der Waals surface area contributed by atoms with E-state index in [1.54, 1.807) is 19.4 Å². The molecule has 0 aliphatic carbocycles. The Morgan fingerprint density at radius 2 is 2.13 bits per heavy atom. The Hall–Kier alpha value is -2.87. The first kappa shape index (κ1) is 15.0. The Morgan fingerprint density at radius 3 is 2.78 bits per heavy atom. The number of amides is 1. The molecule has 8 heteroatoms. The number of hydrogen-bond acceptors (Lipinski definition) is 6. The van der Waals surface area contributed by atoms with Crippen LogP contribution in [0.2, 0.25) is 0 Å². The molecule has 0 atom stereocenters. The highest BCUT2D eigenvalue weighted by Gasteiger charge is 2.20. The van der Waals surface area contributed by atoms with E-state index in [-0.39, 0.29) is 17.2 Å². The summed E-state index contributed by atoms with van der Waals surface area (Å²) in [5.41, 5.74) is 1.46. The summed E-state index contributed by atoms with van der Waals surface area (Å²) < 4.78 is 0. The molecular weight excluding hydrogens is 314 g/mol. The van der Waals surface area contributed by atoms with Crippen molar-refractivity contribution in [3.8, 4) is 10.6 Å². The van der Waals surface area contributed by atoms with Crippen LogP contribution < -0.4 is 10.5 Å². The molecule has 0 unspecified atom stereocenters. The molecule has 0 fully saturated rings. The fourth-order valence-corrected chi connectivity index (χ4v) is 3.06. The standard InChI is InChI=1S/C15H13N5O2S/c1-9-15(23-13(17-9)10-4-3-7-16-8-10)20(2)14(22)11-5-6-12(21)19-18-11/h3-8H,1-2H3,(H,19,21). The number of aromatic amines is 1. The molecule has 0 saturated carbocycles. The van der Waals surface area contributed by atoms with Crippen LogP contribution in [0.4, 0.5) is 5.00 Å². The summed E-state index contributed by atoms with van der Waals surface area (Å²) in [5.74, 6) is -0.314. The van der Waals surface area contributed by atoms with Gasteiger partial charge in [0.1, 0.15) is 15.7 Å². The van der Waals surface area contributed by atoms with E-state index in [1.165, 1.54) is 28.4 Å². The van der Waals surface area contributed by atoms with Crippen LogP contribution in [0.5, 0.6) is 0 Å². The summed E-state index contributed by atoms with van der Waals surface area (Å²) >= 11 is 1.40. The van der Waals surface area contributed by atoms with E-state index in [4.69, 9.17) is 0 Å². The van der Waals surface area contributed by atoms with Crippen molar-refractivity contribution in [2.24, 2.45) is 0 Å². The molecule has 23 heavy (non-hydrogen) atoms. The maximum absolute atomic E-state index is 12.5. The van der Waals surface area contributed by atoms with Crippen LogP contribution in [-0.2, 0) is 0 Å². The van der Waals surface area contributed by atoms with Crippen molar-refractivity contribution in [1.82, 2.24) is 20.2 Å². The normalized spacial score (nSPS) is 10.5. The topological polar surface area (TPSA) is 91.8 Å². The molecule has 0 aromatic carbocycles. The van der Waals surface area contributed by atoms with Crippen LogP contribution >= 0.6 is 11.3 Å². The number of pyridine rings is 1. The summed E-state index contributed by atoms with van der Waals surface area (Å²) in [6, 6.07) is 6.43. The van der Waals surface area contributed by atoms with Gasteiger partial charge in [-0.05, 0) is 25.1 Å². The van der Waals surface area contributed by atoms with Crippen molar-refractivity contribution in [3.05, 3.63) is 58.4 Å². The van der Waals surface area contributed by atoms with E-state index in [1.807, 2.05) is 19.1 Å². The lowest BCUT2D eigenvalue weighted by Crippen LogP contribution is -2.28. The van der Waals surface area contributed by atoms with Gasteiger partial charge in [-0.25, -0.2) is 10.1 Å². The second-order valence-corrected chi connectivity index (χ2v) is 5.80. The van der Waals surface area contributed by atoms with E-state index < -0.39 is 0 Å². The Labute approximate surface area is 135 Å². The maximum Gasteiger partial charge on any atom is 0.279 e. The summed E-state index contributed by atoms with van der Waals surface area (Å²) in [7, 11) is 1.66. The second kappa shape index (κ2) is 6.09. The largest absolute Gasteiger partial charge is 0.300 e. The lowest BCUT2D eigenvalue weighted by atomic mass is 10.3. The summed E-state index contributed by atoms with van der Waals surface area (Å²) in [6.07, 6.45) is 3.43. The van der Waals surface area contributed by atoms with Gasteiger partial charge in [0.15, 0.2) is 0 Å². The van der Waals surface area contributed by atoms with E-state index >= 15 is 0 Å². The zero-order valence-corrected chi connectivity index (χ0v) is 13.3. The Bertz CT molecular complexity index is 883. The van der Waals surface area contributed by atoms with Crippen LogP contribution in [0.15, 0.2) is 41.5 Å². The van der Waals surface area contributed by atoms with E-state index in [9.17, 15) is 9.59 Å². The van der Waals surface area contributed by atoms with Gasteiger partial charge in [-0.2, -0.15) is 5.10 Å². The smallest absolute Gasteiger partial charge is 0.279 e. The Kier molecular flexibility index (Phi) is 3.98. The number of hydrogen-bond donors (Lipinski definition) is 1. The van der Waals surface area contributed by atoms with Gasteiger partial charge in [0.05, 0.1) is 5.69 Å². The van der Waals surface area contributed by atoms with Crippen LogP contribution in [0.25, 0.3) is 10.6 Å².